The maximum atomic E-state index is 9.31. The van der Waals surface area contributed by atoms with Crippen LogP contribution in [0.5, 0.6) is 5.75 Å². The highest BCUT2D eigenvalue weighted by molar-refractivity contribution is 5.83. The Kier molecular flexibility index (Phi) is 5.48. The zero-order valence-corrected chi connectivity index (χ0v) is 15.6. The van der Waals surface area contributed by atoms with E-state index in [4.69, 9.17) is 0 Å². The molecule has 0 aliphatic carbocycles. The van der Waals surface area contributed by atoms with Crippen molar-refractivity contribution in [3.8, 4) is 28.1 Å². The second kappa shape index (κ2) is 8.71. The summed E-state index contributed by atoms with van der Waals surface area (Å²) in [6, 6.07) is 21.0. The van der Waals surface area contributed by atoms with Crippen molar-refractivity contribution in [3.05, 3.63) is 104 Å². The van der Waals surface area contributed by atoms with E-state index in [0.717, 1.165) is 27.8 Å². The molecule has 0 saturated heterocycles. The first-order valence-corrected chi connectivity index (χ1v) is 9.11. The highest BCUT2D eigenvalue weighted by atomic mass is 16.3. The fourth-order valence-electron chi connectivity index (χ4n) is 2.98. The van der Waals surface area contributed by atoms with Crippen LogP contribution in [-0.4, -0.2) is 25.0 Å². The van der Waals surface area contributed by atoms with E-state index in [1.54, 1.807) is 36.9 Å². The van der Waals surface area contributed by atoms with E-state index in [-0.39, 0.29) is 5.75 Å². The Bertz CT molecular complexity index is 1150. The Balaban J connectivity index is 0.000000159. The molecule has 0 aliphatic rings. The van der Waals surface area contributed by atoms with Gasteiger partial charge in [0.15, 0.2) is 0 Å². The average Bonchev–Trinajstić information content (AvgIpc) is 2.81. The minimum absolute atomic E-state index is 0.239. The van der Waals surface area contributed by atoms with Crippen molar-refractivity contribution >= 4 is 10.9 Å². The lowest BCUT2D eigenvalue weighted by Crippen LogP contribution is -1.89. The molecule has 0 aliphatic heterocycles. The number of rotatable bonds is 2. The normalized spacial score (nSPS) is 10.2. The molecule has 0 bridgehead atoms. The Labute approximate surface area is 168 Å². The molecular formula is C24H18N4O. The molecule has 5 heteroatoms. The Morgan fingerprint density at radius 3 is 1.97 bits per heavy atom. The predicted octanol–water partition coefficient (Wildman–Crippen LogP) is 5.15. The van der Waals surface area contributed by atoms with Gasteiger partial charge in [0.1, 0.15) is 11.3 Å². The SMILES string of the molecule is Oc1cccc2cccnc12.c1cncc(-c2cccnc2-c2cccnc2)c1. The Morgan fingerprint density at radius 2 is 1.24 bits per heavy atom. The smallest absolute Gasteiger partial charge is 0.141 e. The van der Waals surface area contributed by atoms with Gasteiger partial charge in [-0.25, -0.2) is 0 Å². The van der Waals surface area contributed by atoms with Crippen LogP contribution in [0.4, 0.5) is 0 Å². The van der Waals surface area contributed by atoms with Crippen LogP contribution in [0.25, 0.3) is 33.3 Å². The molecule has 4 heterocycles. The summed E-state index contributed by atoms with van der Waals surface area (Å²) in [6.45, 7) is 0. The van der Waals surface area contributed by atoms with Crippen molar-refractivity contribution < 1.29 is 5.11 Å². The van der Waals surface area contributed by atoms with E-state index in [1.807, 2.05) is 67.0 Å². The Morgan fingerprint density at radius 1 is 0.586 bits per heavy atom. The molecule has 0 amide bonds. The predicted molar refractivity (Wildman–Crippen MR) is 114 cm³/mol. The van der Waals surface area contributed by atoms with E-state index < -0.39 is 0 Å². The first-order chi connectivity index (χ1) is 14.3. The number of aromatic hydroxyl groups is 1. The average molecular weight is 378 g/mol. The molecule has 1 aromatic carbocycles. The summed E-state index contributed by atoms with van der Waals surface area (Å²) in [6.07, 6.45) is 10.7. The van der Waals surface area contributed by atoms with Crippen molar-refractivity contribution in [2.45, 2.75) is 0 Å². The van der Waals surface area contributed by atoms with Gasteiger partial charge in [0.2, 0.25) is 0 Å². The summed E-state index contributed by atoms with van der Waals surface area (Å²) in [5.41, 5.74) is 4.73. The zero-order valence-electron chi connectivity index (χ0n) is 15.6. The van der Waals surface area contributed by atoms with E-state index in [9.17, 15) is 5.11 Å². The number of phenolic OH excluding ortho intramolecular Hbond substituents is 1. The van der Waals surface area contributed by atoms with Gasteiger partial charge in [-0.3, -0.25) is 19.9 Å². The number of para-hydroxylation sites is 1. The molecule has 5 aromatic rings. The highest BCUT2D eigenvalue weighted by Crippen LogP contribution is 2.28. The largest absolute Gasteiger partial charge is 0.506 e. The minimum Gasteiger partial charge on any atom is -0.506 e. The van der Waals surface area contributed by atoms with Gasteiger partial charge in [-0.2, -0.15) is 0 Å². The topological polar surface area (TPSA) is 71.8 Å². The van der Waals surface area contributed by atoms with Gasteiger partial charge in [0, 0.05) is 59.3 Å². The quantitative estimate of drug-likeness (QED) is 0.460. The lowest BCUT2D eigenvalue weighted by atomic mass is 10.0. The highest BCUT2D eigenvalue weighted by Gasteiger charge is 2.07. The van der Waals surface area contributed by atoms with Gasteiger partial charge in [-0.15, -0.1) is 0 Å². The van der Waals surface area contributed by atoms with Crippen molar-refractivity contribution in [1.82, 2.24) is 19.9 Å². The lowest BCUT2D eigenvalue weighted by Gasteiger charge is -2.07. The summed E-state index contributed by atoms with van der Waals surface area (Å²) in [5.74, 6) is 0.239. The molecule has 5 nitrogen and oxygen atoms in total. The third-order valence-corrected chi connectivity index (χ3v) is 4.33. The third kappa shape index (κ3) is 4.25. The number of aromatic nitrogens is 4. The first-order valence-electron chi connectivity index (χ1n) is 9.11. The summed E-state index contributed by atoms with van der Waals surface area (Å²) < 4.78 is 0. The number of benzene rings is 1. The van der Waals surface area contributed by atoms with Gasteiger partial charge in [-0.05, 0) is 36.4 Å². The fourth-order valence-corrected chi connectivity index (χ4v) is 2.98. The van der Waals surface area contributed by atoms with Crippen LogP contribution in [0.2, 0.25) is 0 Å². The van der Waals surface area contributed by atoms with Crippen LogP contribution in [-0.2, 0) is 0 Å². The van der Waals surface area contributed by atoms with Gasteiger partial charge >= 0.3 is 0 Å². The molecule has 1 N–H and O–H groups in total. The molecule has 5 rings (SSSR count). The van der Waals surface area contributed by atoms with Gasteiger partial charge in [0.05, 0.1) is 5.69 Å². The first kappa shape index (κ1) is 18.3. The maximum Gasteiger partial charge on any atom is 0.141 e. The van der Waals surface area contributed by atoms with Crippen LogP contribution in [0.15, 0.2) is 104 Å². The molecule has 0 atom stereocenters. The van der Waals surface area contributed by atoms with E-state index >= 15 is 0 Å². The number of fused-ring (bicyclic) bond motifs is 1. The van der Waals surface area contributed by atoms with E-state index in [2.05, 4.69) is 19.9 Å². The van der Waals surface area contributed by atoms with Crippen LogP contribution in [0, 0.1) is 0 Å². The summed E-state index contributed by atoms with van der Waals surface area (Å²) in [4.78, 5) is 16.8. The monoisotopic (exact) mass is 378 g/mol. The molecule has 0 saturated carbocycles. The van der Waals surface area contributed by atoms with Gasteiger partial charge in [0.25, 0.3) is 0 Å². The zero-order chi connectivity index (χ0) is 19.9. The standard InChI is InChI=1S/C15H11N3.C9H7NO/c1-4-12(10-16-7-1)14-6-3-9-18-15(14)13-5-2-8-17-11-13;11-8-5-1-3-7-4-2-6-10-9(7)8/h1-11H;1-6,11H. The van der Waals surface area contributed by atoms with Crippen LogP contribution in [0.3, 0.4) is 0 Å². The van der Waals surface area contributed by atoms with Crippen LogP contribution >= 0.6 is 0 Å². The summed E-state index contributed by atoms with van der Waals surface area (Å²) >= 11 is 0. The minimum atomic E-state index is 0.239. The molecule has 0 radical (unpaired) electrons. The van der Waals surface area contributed by atoms with E-state index in [0.29, 0.717) is 5.52 Å². The number of nitrogens with zero attached hydrogens (tertiary/aromatic N) is 4. The van der Waals surface area contributed by atoms with Crippen LogP contribution < -0.4 is 0 Å². The maximum absolute atomic E-state index is 9.31. The van der Waals surface area contributed by atoms with Crippen molar-refractivity contribution in [2.24, 2.45) is 0 Å². The molecule has 0 fully saturated rings. The van der Waals surface area contributed by atoms with Gasteiger partial charge < -0.3 is 5.11 Å². The fraction of sp³-hybridized carbons (Fsp3) is 0. The molecule has 0 spiro atoms. The van der Waals surface area contributed by atoms with Crippen molar-refractivity contribution in [2.75, 3.05) is 0 Å². The molecule has 4 aromatic heterocycles. The van der Waals surface area contributed by atoms with E-state index in [1.165, 1.54) is 0 Å². The Hall–Kier alpha value is -4.12. The van der Waals surface area contributed by atoms with Gasteiger partial charge in [-0.1, -0.05) is 30.3 Å². The van der Waals surface area contributed by atoms with Crippen molar-refractivity contribution in [3.63, 3.8) is 0 Å². The summed E-state index contributed by atoms with van der Waals surface area (Å²) in [7, 11) is 0. The third-order valence-electron chi connectivity index (χ3n) is 4.33. The number of hydrogen-bond donors (Lipinski definition) is 1. The number of pyridine rings is 4. The lowest BCUT2D eigenvalue weighted by molar-refractivity contribution is 0.480. The molecule has 140 valence electrons. The number of hydrogen-bond acceptors (Lipinski definition) is 5. The molecular weight excluding hydrogens is 360 g/mol. The second-order valence-electron chi connectivity index (χ2n) is 6.24. The van der Waals surface area contributed by atoms with Crippen LogP contribution in [0.1, 0.15) is 0 Å². The van der Waals surface area contributed by atoms with Crippen molar-refractivity contribution in [1.29, 1.82) is 0 Å². The number of phenols is 1. The molecule has 29 heavy (non-hydrogen) atoms. The molecule has 0 unspecified atom stereocenters. The summed E-state index contributed by atoms with van der Waals surface area (Å²) in [5, 5.41) is 10.3. The second-order valence-corrected chi connectivity index (χ2v) is 6.24.